The van der Waals surface area contributed by atoms with Gasteiger partial charge in [-0.3, -0.25) is 14.4 Å². The number of allylic oxidation sites excluding steroid dienone is 1. The van der Waals surface area contributed by atoms with Gasteiger partial charge in [0.15, 0.2) is 0 Å². The third-order valence-electron chi connectivity index (χ3n) is 3.68. The zero-order valence-corrected chi connectivity index (χ0v) is 12.9. The maximum atomic E-state index is 12.0. The summed E-state index contributed by atoms with van der Waals surface area (Å²) in [6.07, 6.45) is 3.14. The van der Waals surface area contributed by atoms with Crippen molar-refractivity contribution < 1.29 is 14.4 Å². The molecule has 1 aliphatic heterocycles. The van der Waals surface area contributed by atoms with Gasteiger partial charge in [0.05, 0.1) is 0 Å². The van der Waals surface area contributed by atoms with Crippen LogP contribution in [0.3, 0.4) is 0 Å². The number of Topliss-reactive ketones (excluding diaryl/α,β-unsaturated/α-hetero) is 1. The number of benzene rings is 2. The Balaban J connectivity index is 1.63. The van der Waals surface area contributed by atoms with Crippen molar-refractivity contribution in [1.82, 2.24) is 4.90 Å². The minimum absolute atomic E-state index is 0.0951. The van der Waals surface area contributed by atoms with E-state index in [1.54, 1.807) is 18.2 Å². The summed E-state index contributed by atoms with van der Waals surface area (Å²) >= 11 is 0. The lowest BCUT2D eigenvalue weighted by Gasteiger charge is -2.19. The van der Waals surface area contributed by atoms with Gasteiger partial charge in [-0.1, -0.05) is 48.5 Å². The molecule has 3 rings (SSSR count). The van der Waals surface area contributed by atoms with E-state index in [2.05, 4.69) is 5.32 Å². The summed E-state index contributed by atoms with van der Waals surface area (Å²) in [6.45, 7) is -0.179. The van der Waals surface area contributed by atoms with E-state index in [1.807, 2.05) is 42.5 Å². The summed E-state index contributed by atoms with van der Waals surface area (Å²) in [5, 5.41) is 2.73. The summed E-state index contributed by atoms with van der Waals surface area (Å²) < 4.78 is 0. The maximum absolute atomic E-state index is 12.0. The van der Waals surface area contributed by atoms with Crippen molar-refractivity contribution in [3.05, 3.63) is 66.9 Å². The van der Waals surface area contributed by atoms with Crippen LogP contribution in [0.15, 0.2) is 66.9 Å². The summed E-state index contributed by atoms with van der Waals surface area (Å²) in [5.41, 5.74) is 2.78. The van der Waals surface area contributed by atoms with Gasteiger partial charge in [-0.05, 0) is 23.3 Å². The van der Waals surface area contributed by atoms with Gasteiger partial charge in [-0.15, -0.1) is 0 Å². The van der Waals surface area contributed by atoms with Crippen molar-refractivity contribution in [1.29, 1.82) is 0 Å². The monoisotopic (exact) mass is 320 g/mol. The lowest BCUT2D eigenvalue weighted by atomic mass is 10.1. The predicted molar refractivity (Wildman–Crippen MR) is 91.0 cm³/mol. The first-order chi connectivity index (χ1) is 11.6. The third kappa shape index (κ3) is 3.57. The van der Waals surface area contributed by atoms with E-state index in [1.165, 1.54) is 6.20 Å². The van der Waals surface area contributed by atoms with Crippen molar-refractivity contribution in [3.8, 4) is 11.1 Å². The van der Waals surface area contributed by atoms with Crippen LogP contribution in [0.4, 0.5) is 5.69 Å². The van der Waals surface area contributed by atoms with Crippen molar-refractivity contribution in [3.63, 3.8) is 0 Å². The van der Waals surface area contributed by atoms with Crippen LogP contribution in [0.5, 0.6) is 0 Å². The quantitative estimate of drug-likeness (QED) is 0.881. The topological polar surface area (TPSA) is 66.5 Å². The molecule has 0 saturated carbocycles. The highest BCUT2D eigenvalue weighted by Crippen LogP contribution is 2.21. The fraction of sp³-hybridized carbons (Fsp3) is 0.105. The van der Waals surface area contributed by atoms with E-state index in [-0.39, 0.29) is 18.9 Å². The molecule has 2 aromatic carbocycles. The number of rotatable bonds is 4. The Morgan fingerprint density at radius 3 is 2.33 bits per heavy atom. The number of anilines is 1. The largest absolute Gasteiger partial charge is 0.325 e. The SMILES string of the molecule is O=C(CN1C=CCC(=O)C1=O)Nc1ccc(-c2ccccc2)cc1. The zero-order valence-electron chi connectivity index (χ0n) is 12.9. The second-order valence-corrected chi connectivity index (χ2v) is 5.44. The number of carbonyl (C=O) groups is 3. The number of amides is 2. The smallest absolute Gasteiger partial charge is 0.294 e. The molecule has 5 nitrogen and oxygen atoms in total. The first-order valence-electron chi connectivity index (χ1n) is 7.59. The van der Waals surface area contributed by atoms with E-state index in [0.29, 0.717) is 5.69 Å². The van der Waals surface area contributed by atoms with E-state index in [9.17, 15) is 14.4 Å². The lowest BCUT2D eigenvalue weighted by molar-refractivity contribution is -0.144. The number of ketones is 1. The van der Waals surface area contributed by atoms with Crippen LogP contribution in [-0.2, 0) is 14.4 Å². The lowest BCUT2D eigenvalue weighted by Crippen LogP contribution is -2.39. The second-order valence-electron chi connectivity index (χ2n) is 5.44. The van der Waals surface area contributed by atoms with Crippen LogP contribution >= 0.6 is 0 Å². The van der Waals surface area contributed by atoms with Crippen LogP contribution in [0.2, 0.25) is 0 Å². The van der Waals surface area contributed by atoms with Crippen LogP contribution in [0, 0.1) is 0 Å². The van der Waals surface area contributed by atoms with Crippen molar-refractivity contribution in [2.75, 3.05) is 11.9 Å². The Bertz CT molecular complexity index is 795. The average Bonchev–Trinajstić information content (AvgIpc) is 2.60. The van der Waals surface area contributed by atoms with Gasteiger partial charge in [0.1, 0.15) is 6.54 Å². The maximum Gasteiger partial charge on any atom is 0.294 e. The van der Waals surface area contributed by atoms with Crippen LogP contribution in [-0.4, -0.2) is 29.0 Å². The molecule has 0 fully saturated rings. The van der Waals surface area contributed by atoms with Crippen molar-refractivity contribution in [2.24, 2.45) is 0 Å². The number of hydrogen-bond acceptors (Lipinski definition) is 3. The van der Waals surface area contributed by atoms with E-state index in [4.69, 9.17) is 0 Å². The number of nitrogens with zero attached hydrogens (tertiary/aromatic N) is 1. The average molecular weight is 320 g/mol. The molecular formula is C19H16N2O3. The van der Waals surface area contributed by atoms with E-state index in [0.717, 1.165) is 16.0 Å². The third-order valence-corrected chi connectivity index (χ3v) is 3.68. The molecule has 2 aromatic rings. The molecule has 0 radical (unpaired) electrons. The second kappa shape index (κ2) is 6.91. The van der Waals surface area contributed by atoms with Gasteiger partial charge in [0, 0.05) is 18.3 Å². The molecule has 5 heteroatoms. The molecule has 0 aromatic heterocycles. The first-order valence-corrected chi connectivity index (χ1v) is 7.59. The molecule has 120 valence electrons. The van der Waals surface area contributed by atoms with Crippen LogP contribution in [0.25, 0.3) is 11.1 Å². The molecule has 0 bridgehead atoms. The Morgan fingerprint density at radius 2 is 1.62 bits per heavy atom. The molecule has 0 saturated heterocycles. The Morgan fingerprint density at radius 1 is 0.958 bits per heavy atom. The van der Waals surface area contributed by atoms with Gasteiger partial charge >= 0.3 is 0 Å². The molecule has 1 N–H and O–H groups in total. The summed E-state index contributed by atoms with van der Waals surface area (Å²) in [6, 6.07) is 17.4. The highest BCUT2D eigenvalue weighted by atomic mass is 16.2. The molecule has 0 unspecified atom stereocenters. The highest BCUT2D eigenvalue weighted by Gasteiger charge is 2.24. The normalized spacial score (nSPS) is 13.9. The zero-order chi connectivity index (χ0) is 16.9. The van der Waals surface area contributed by atoms with Gasteiger partial charge in [-0.2, -0.15) is 0 Å². The van der Waals surface area contributed by atoms with Crippen LogP contribution in [0.1, 0.15) is 6.42 Å². The molecule has 0 aliphatic carbocycles. The van der Waals surface area contributed by atoms with Gasteiger partial charge < -0.3 is 10.2 Å². The van der Waals surface area contributed by atoms with E-state index >= 15 is 0 Å². The molecule has 0 spiro atoms. The molecule has 0 atom stereocenters. The Hall–Kier alpha value is -3.21. The van der Waals surface area contributed by atoms with Gasteiger partial charge in [-0.25, -0.2) is 0 Å². The number of carbonyl (C=O) groups excluding carboxylic acids is 3. The predicted octanol–water partition coefficient (Wildman–Crippen LogP) is 2.61. The molecule has 1 heterocycles. The Labute approximate surface area is 139 Å². The van der Waals surface area contributed by atoms with Crippen LogP contribution < -0.4 is 5.32 Å². The number of nitrogens with one attached hydrogen (secondary N) is 1. The highest BCUT2D eigenvalue weighted by molar-refractivity contribution is 6.37. The number of hydrogen-bond donors (Lipinski definition) is 1. The van der Waals surface area contributed by atoms with Crippen molar-refractivity contribution in [2.45, 2.75) is 6.42 Å². The van der Waals surface area contributed by atoms with E-state index < -0.39 is 11.7 Å². The molecule has 2 amide bonds. The molecule has 1 aliphatic rings. The summed E-state index contributed by atoms with van der Waals surface area (Å²) in [4.78, 5) is 36.2. The molecule has 24 heavy (non-hydrogen) atoms. The first kappa shape index (κ1) is 15.7. The standard InChI is InChI=1S/C19H16N2O3/c22-17-7-4-12-21(19(17)24)13-18(23)20-16-10-8-15(9-11-16)14-5-2-1-3-6-14/h1-6,8-12H,7,13H2,(H,20,23). The van der Waals surface area contributed by atoms with Gasteiger partial charge in [0.2, 0.25) is 11.7 Å². The fourth-order valence-electron chi connectivity index (χ4n) is 2.46. The summed E-state index contributed by atoms with van der Waals surface area (Å²) in [5.74, 6) is -1.50. The Kier molecular flexibility index (Phi) is 4.52. The summed E-state index contributed by atoms with van der Waals surface area (Å²) in [7, 11) is 0. The van der Waals surface area contributed by atoms with Crippen molar-refractivity contribution >= 4 is 23.3 Å². The minimum Gasteiger partial charge on any atom is -0.325 e. The molecular weight excluding hydrogens is 304 g/mol. The van der Waals surface area contributed by atoms with Gasteiger partial charge in [0.25, 0.3) is 5.91 Å². The minimum atomic E-state index is -0.646. The fourth-order valence-corrected chi connectivity index (χ4v) is 2.46.